The van der Waals surface area contributed by atoms with Crippen molar-refractivity contribution >= 4 is 36.3 Å². The van der Waals surface area contributed by atoms with E-state index in [1.807, 2.05) is 49.6 Å². The van der Waals surface area contributed by atoms with Gasteiger partial charge in [-0.3, -0.25) is 9.80 Å². The van der Waals surface area contributed by atoms with Gasteiger partial charge in [-0.05, 0) is 42.9 Å². The van der Waals surface area contributed by atoms with Crippen LogP contribution in [0.15, 0.2) is 36.4 Å². The fourth-order valence-electron chi connectivity index (χ4n) is 3.42. The second-order valence-corrected chi connectivity index (χ2v) is 9.39. The zero-order chi connectivity index (χ0) is 24.0. The van der Waals surface area contributed by atoms with Crippen LogP contribution in [-0.4, -0.2) is 57.9 Å². The highest BCUT2D eigenvalue weighted by molar-refractivity contribution is 7.98. The number of carbonyl (C=O) groups excluding carboxylic acids is 1. The molecule has 0 saturated heterocycles. The number of benzene rings is 1. The summed E-state index contributed by atoms with van der Waals surface area (Å²) in [6.45, 7) is 4.34. The van der Waals surface area contributed by atoms with Crippen molar-refractivity contribution < 1.29 is 14.7 Å². The third-order valence-electron chi connectivity index (χ3n) is 5.47. The molecule has 1 amide bonds. The Bertz CT molecular complexity index is 745. The summed E-state index contributed by atoms with van der Waals surface area (Å²) in [6, 6.07) is 7.41. The van der Waals surface area contributed by atoms with Crippen LogP contribution < -0.4 is 11.2 Å². The van der Waals surface area contributed by atoms with E-state index in [2.05, 4.69) is 25.0 Å². The van der Waals surface area contributed by atoms with Gasteiger partial charge in [0, 0.05) is 31.2 Å². The van der Waals surface area contributed by atoms with Gasteiger partial charge in [-0.1, -0.05) is 56.2 Å². The Kier molecular flexibility index (Phi) is 13.7. The molecule has 8 heteroatoms. The molecule has 6 nitrogen and oxygen atoms in total. The van der Waals surface area contributed by atoms with Crippen LogP contribution in [0.2, 0.25) is 0 Å². The predicted octanol–water partition coefficient (Wildman–Crippen LogP) is 3.84. The fraction of sp³-hybridized carbons (Fsp3) is 0.583. The Morgan fingerprint density at radius 3 is 2.66 bits per heavy atom. The van der Waals surface area contributed by atoms with Crippen molar-refractivity contribution in [3.63, 3.8) is 0 Å². The molecule has 32 heavy (non-hydrogen) atoms. The van der Waals surface area contributed by atoms with Crippen molar-refractivity contribution in [1.82, 2.24) is 10.4 Å². The molecule has 0 radical (unpaired) electrons. The number of unbranched alkanes of at least 4 members (excludes halogenated alkanes) is 2. The van der Waals surface area contributed by atoms with Crippen molar-refractivity contribution in [1.29, 1.82) is 0 Å². The Hall–Kier alpha value is -1.48. The summed E-state index contributed by atoms with van der Waals surface area (Å²) in [6.07, 6.45) is 9.47. The lowest BCUT2D eigenvalue weighted by Gasteiger charge is -2.41. The lowest BCUT2D eigenvalue weighted by atomic mass is 9.85. The van der Waals surface area contributed by atoms with Gasteiger partial charge in [0.15, 0.2) is 5.54 Å². The molecule has 0 bridgehead atoms. The predicted molar refractivity (Wildman–Crippen MR) is 138 cm³/mol. The van der Waals surface area contributed by atoms with Gasteiger partial charge in [0.05, 0.1) is 0 Å². The van der Waals surface area contributed by atoms with Gasteiger partial charge in [-0.25, -0.2) is 10.2 Å². The molecular formula is C24H39N3O3S2. The number of nitrogens with one attached hydrogen (secondary N) is 1. The van der Waals surface area contributed by atoms with Gasteiger partial charge in [-0.2, -0.15) is 24.4 Å². The van der Waals surface area contributed by atoms with Crippen molar-refractivity contribution in [2.45, 2.75) is 64.0 Å². The fourth-order valence-corrected chi connectivity index (χ4v) is 4.09. The number of thiol groups is 1. The van der Waals surface area contributed by atoms with Crippen LogP contribution >= 0.6 is 24.4 Å². The normalized spacial score (nSPS) is 14.3. The molecule has 4 N–H and O–H groups in total. The summed E-state index contributed by atoms with van der Waals surface area (Å²) in [4.78, 5) is 26.2. The van der Waals surface area contributed by atoms with E-state index in [4.69, 9.17) is 5.73 Å². The average Bonchev–Trinajstić information content (AvgIpc) is 2.78. The van der Waals surface area contributed by atoms with E-state index in [1.165, 1.54) is 5.01 Å². The number of thioether (sulfide) groups is 1. The number of aryl methyl sites for hydroxylation is 1. The highest BCUT2D eigenvalue weighted by Crippen LogP contribution is 2.28. The molecule has 1 aromatic rings. The number of carboxylic acid groups (broad SMARTS) is 1. The summed E-state index contributed by atoms with van der Waals surface area (Å²) >= 11 is 5.79. The average molecular weight is 482 g/mol. The van der Waals surface area contributed by atoms with Crippen molar-refractivity contribution in [3.8, 4) is 0 Å². The number of hydrazine groups is 1. The molecule has 0 spiro atoms. The quantitative estimate of drug-likeness (QED) is 0.124. The number of hydrogen-bond acceptors (Lipinski definition) is 6. The minimum Gasteiger partial charge on any atom is -0.479 e. The van der Waals surface area contributed by atoms with Crippen LogP contribution in [0.5, 0.6) is 0 Å². The van der Waals surface area contributed by atoms with Crippen molar-refractivity contribution in [3.05, 3.63) is 47.5 Å². The molecule has 0 heterocycles. The maximum atomic E-state index is 13.3. The lowest BCUT2D eigenvalue weighted by molar-refractivity contribution is -0.164. The van der Waals surface area contributed by atoms with Gasteiger partial charge in [0.25, 0.3) is 0 Å². The number of aliphatic carboxylic acids is 1. The first-order chi connectivity index (χ1) is 15.3. The SMILES string of the molecule is CCCC/C=C/CC(=O)N(NCC(N)CS)[C@@](CCSC)(Cc1ccccc1C)C(=O)O. The standard InChI is InChI=1S/C24H39N3O3S2/c1-4-5-6-7-8-13-22(28)27(26-17-21(25)18-31)24(23(29)30,14-15-32-3)16-20-12-10-9-11-19(20)2/h7-12,21,26,31H,4-6,13-18,25H2,1-3H3,(H,29,30)/b8-7+/t21?,24-/m0/s1. The van der Waals surface area contributed by atoms with Gasteiger partial charge in [0.1, 0.15) is 0 Å². The maximum Gasteiger partial charge on any atom is 0.331 e. The third-order valence-corrected chi connectivity index (χ3v) is 6.55. The highest BCUT2D eigenvalue weighted by atomic mass is 32.2. The molecule has 0 saturated carbocycles. The summed E-state index contributed by atoms with van der Waals surface area (Å²) < 4.78 is 0. The molecule has 2 atom stereocenters. The van der Waals surface area contributed by atoms with Crippen LogP contribution in [0.4, 0.5) is 0 Å². The van der Waals surface area contributed by atoms with E-state index >= 15 is 0 Å². The van der Waals surface area contributed by atoms with E-state index < -0.39 is 11.5 Å². The highest BCUT2D eigenvalue weighted by Gasteiger charge is 2.46. The van der Waals surface area contributed by atoms with E-state index in [9.17, 15) is 14.7 Å². The molecule has 1 aromatic carbocycles. The number of allylic oxidation sites excluding steroid dienone is 1. The van der Waals surface area contributed by atoms with Crippen LogP contribution in [0.3, 0.4) is 0 Å². The van der Waals surface area contributed by atoms with Gasteiger partial charge in [-0.15, -0.1) is 0 Å². The summed E-state index contributed by atoms with van der Waals surface area (Å²) in [7, 11) is 0. The van der Waals surface area contributed by atoms with Gasteiger partial charge < -0.3 is 10.8 Å². The van der Waals surface area contributed by atoms with Crippen molar-refractivity contribution in [2.75, 3.05) is 24.3 Å². The molecule has 0 fully saturated rings. The first-order valence-electron chi connectivity index (χ1n) is 11.2. The minimum absolute atomic E-state index is 0.134. The molecule has 180 valence electrons. The number of nitrogens with two attached hydrogens (primary N) is 1. The van der Waals surface area contributed by atoms with Crippen LogP contribution in [0, 0.1) is 6.92 Å². The molecular weight excluding hydrogens is 442 g/mol. The second-order valence-electron chi connectivity index (χ2n) is 8.03. The number of hydrogen-bond donors (Lipinski definition) is 4. The number of carbonyl (C=O) groups is 2. The van der Waals surface area contributed by atoms with Crippen LogP contribution in [0.1, 0.15) is 50.2 Å². The Morgan fingerprint density at radius 2 is 2.06 bits per heavy atom. The molecule has 0 aliphatic carbocycles. The van der Waals surface area contributed by atoms with E-state index in [1.54, 1.807) is 11.8 Å². The van der Waals surface area contributed by atoms with Crippen LogP contribution in [-0.2, 0) is 16.0 Å². The monoisotopic (exact) mass is 481 g/mol. The summed E-state index contributed by atoms with van der Waals surface area (Å²) in [5.41, 5.74) is 9.59. The van der Waals surface area contributed by atoms with Crippen molar-refractivity contribution in [2.24, 2.45) is 5.73 Å². The van der Waals surface area contributed by atoms with Gasteiger partial charge >= 0.3 is 5.97 Å². The molecule has 0 aliphatic rings. The number of amides is 1. The third kappa shape index (κ3) is 8.81. The number of rotatable bonds is 16. The number of carboxylic acids is 1. The van der Waals surface area contributed by atoms with E-state index in [0.717, 1.165) is 30.4 Å². The Labute approximate surface area is 202 Å². The first-order valence-corrected chi connectivity index (χ1v) is 13.2. The smallest absolute Gasteiger partial charge is 0.331 e. The zero-order valence-electron chi connectivity index (χ0n) is 19.5. The summed E-state index contributed by atoms with van der Waals surface area (Å²) in [5, 5.41) is 11.8. The summed E-state index contributed by atoms with van der Waals surface area (Å²) in [5.74, 6) is -0.269. The van der Waals surface area contributed by atoms with E-state index in [-0.39, 0.29) is 31.3 Å². The van der Waals surface area contributed by atoms with E-state index in [0.29, 0.717) is 17.9 Å². The van der Waals surface area contributed by atoms with Gasteiger partial charge in [0.2, 0.25) is 5.91 Å². The lowest BCUT2D eigenvalue weighted by Crippen LogP contribution is -2.65. The number of nitrogens with zero attached hydrogens (tertiary/aromatic N) is 1. The molecule has 1 unspecified atom stereocenters. The molecule has 0 aromatic heterocycles. The van der Waals surface area contributed by atoms with Crippen LogP contribution in [0.25, 0.3) is 0 Å². The first kappa shape index (κ1) is 28.6. The maximum absolute atomic E-state index is 13.3. The molecule has 1 rings (SSSR count). The minimum atomic E-state index is -1.43. The zero-order valence-corrected chi connectivity index (χ0v) is 21.3. The Balaban J connectivity index is 3.35. The molecule has 0 aliphatic heterocycles. The largest absolute Gasteiger partial charge is 0.479 e. The topological polar surface area (TPSA) is 95.7 Å². The second kappa shape index (κ2) is 15.4. The Morgan fingerprint density at radius 1 is 1.34 bits per heavy atom.